The van der Waals surface area contributed by atoms with Crippen molar-refractivity contribution in [3.63, 3.8) is 0 Å². The molecule has 0 saturated carbocycles. The number of hydrogen-bond acceptors (Lipinski definition) is 6. The van der Waals surface area contributed by atoms with E-state index >= 15 is 0 Å². The lowest BCUT2D eigenvalue weighted by Gasteiger charge is -2.32. The molecule has 2 atom stereocenters. The highest BCUT2D eigenvalue weighted by Gasteiger charge is 2.34. The number of sulfonamides is 1. The molecule has 2 saturated heterocycles. The summed E-state index contributed by atoms with van der Waals surface area (Å²) in [4.78, 5) is 22.7. The predicted octanol–water partition coefficient (Wildman–Crippen LogP) is 1.29. The maximum Gasteiger partial charge on any atom is 0.269 e. The largest absolute Gasteiger partial charge is 0.352 e. The highest BCUT2D eigenvalue weighted by atomic mass is 35.5. The molecule has 2 fully saturated rings. The summed E-state index contributed by atoms with van der Waals surface area (Å²) >= 11 is 0. The van der Waals surface area contributed by atoms with Crippen LogP contribution in [0.3, 0.4) is 0 Å². The molecule has 2 aliphatic rings. The van der Waals surface area contributed by atoms with E-state index in [2.05, 4.69) is 10.6 Å². The fourth-order valence-electron chi connectivity index (χ4n) is 3.56. The first-order valence-electron chi connectivity index (χ1n) is 9.13. The van der Waals surface area contributed by atoms with Gasteiger partial charge in [-0.25, -0.2) is 8.42 Å². The lowest BCUT2D eigenvalue weighted by molar-refractivity contribution is -0.384. The van der Waals surface area contributed by atoms with Gasteiger partial charge in [0.1, 0.15) is 0 Å². The SMILES string of the molecule is Cl.O=C(N[C@H]1CCCNC1)C1CCCN(S(=O)(=O)c2ccc([N+](=O)[O-])cc2)C1. The van der Waals surface area contributed by atoms with Crippen molar-refractivity contribution >= 4 is 34.0 Å². The van der Waals surface area contributed by atoms with Crippen LogP contribution in [0.15, 0.2) is 29.2 Å². The van der Waals surface area contributed by atoms with Gasteiger partial charge in [0.15, 0.2) is 0 Å². The van der Waals surface area contributed by atoms with E-state index in [1.807, 2.05) is 0 Å². The van der Waals surface area contributed by atoms with Gasteiger partial charge in [-0.2, -0.15) is 4.31 Å². The Morgan fingerprint density at radius 2 is 1.93 bits per heavy atom. The van der Waals surface area contributed by atoms with E-state index < -0.39 is 14.9 Å². The molecule has 2 aliphatic heterocycles. The molecular weight excluding hydrogens is 408 g/mol. The van der Waals surface area contributed by atoms with Gasteiger partial charge in [-0.3, -0.25) is 14.9 Å². The van der Waals surface area contributed by atoms with Crippen molar-refractivity contribution in [1.29, 1.82) is 0 Å². The molecule has 156 valence electrons. The number of carbonyl (C=O) groups is 1. The predicted molar refractivity (Wildman–Crippen MR) is 106 cm³/mol. The zero-order valence-electron chi connectivity index (χ0n) is 15.4. The molecule has 1 aromatic rings. The summed E-state index contributed by atoms with van der Waals surface area (Å²) in [7, 11) is -3.79. The summed E-state index contributed by atoms with van der Waals surface area (Å²) in [5, 5.41) is 17.0. The molecule has 2 heterocycles. The Morgan fingerprint density at radius 1 is 1.21 bits per heavy atom. The van der Waals surface area contributed by atoms with E-state index in [9.17, 15) is 23.3 Å². The van der Waals surface area contributed by atoms with Gasteiger partial charge < -0.3 is 10.6 Å². The maximum absolute atomic E-state index is 12.8. The Balaban J connectivity index is 0.00000280. The second-order valence-electron chi connectivity index (χ2n) is 7.01. The molecule has 3 rings (SSSR count). The van der Waals surface area contributed by atoms with Gasteiger partial charge in [0.2, 0.25) is 15.9 Å². The first kappa shape index (κ1) is 22.5. The highest BCUT2D eigenvalue weighted by Crippen LogP contribution is 2.25. The van der Waals surface area contributed by atoms with E-state index in [-0.39, 0.29) is 47.4 Å². The van der Waals surface area contributed by atoms with E-state index in [1.54, 1.807) is 0 Å². The highest BCUT2D eigenvalue weighted by molar-refractivity contribution is 7.89. The van der Waals surface area contributed by atoms with Crippen LogP contribution in [0.25, 0.3) is 0 Å². The zero-order valence-corrected chi connectivity index (χ0v) is 17.0. The van der Waals surface area contributed by atoms with Crippen LogP contribution in [0.4, 0.5) is 5.69 Å². The van der Waals surface area contributed by atoms with E-state index in [1.165, 1.54) is 28.6 Å². The summed E-state index contributed by atoms with van der Waals surface area (Å²) in [6.07, 6.45) is 3.19. The third kappa shape index (κ3) is 5.19. The molecule has 0 aliphatic carbocycles. The number of piperidine rings is 2. The minimum absolute atomic E-state index is 0. The molecule has 0 spiro atoms. The fourth-order valence-corrected chi connectivity index (χ4v) is 5.08. The van der Waals surface area contributed by atoms with Crippen LogP contribution < -0.4 is 10.6 Å². The number of nitrogens with zero attached hydrogens (tertiary/aromatic N) is 2. The lowest BCUT2D eigenvalue weighted by Crippen LogP contribution is -2.51. The number of rotatable bonds is 5. The molecule has 0 radical (unpaired) electrons. The van der Waals surface area contributed by atoms with Crippen molar-refractivity contribution in [1.82, 2.24) is 14.9 Å². The number of nitrogens with one attached hydrogen (secondary N) is 2. The molecule has 1 aromatic carbocycles. The monoisotopic (exact) mass is 432 g/mol. The minimum Gasteiger partial charge on any atom is -0.352 e. The summed E-state index contributed by atoms with van der Waals surface area (Å²) in [5.41, 5.74) is -0.161. The van der Waals surface area contributed by atoms with Crippen LogP contribution in [0.1, 0.15) is 25.7 Å². The second-order valence-corrected chi connectivity index (χ2v) is 8.94. The molecule has 0 aromatic heterocycles. The molecule has 0 bridgehead atoms. The summed E-state index contributed by atoms with van der Waals surface area (Å²) in [6.45, 7) is 2.17. The van der Waals surface area contributed by atoms with Crippen molar-refractivity contribution in [2.24, 2.45) is 5.92 Å². The Hall–Kier alpha value is -1.75. The van der Waals surface area contributed by atoms with Crippen molar-refractivity contribution in [2.75, 3.05) is 26.2 Å². The number of non-ortho nitro benzene ring substituents is 1. The van der Waals surface area contributed by atoms with Gasteiger partial charge in [-0.05, 0) is 44.4 Å². The van der Waals surface area contributed by atoms with Crippen molar-refractivity contribution < 1.29 is 18.1 Å². The normalized spacial score (nSPS) is 23.4. The third-order valence-corrected chi connectivity index (χ3v) is 6.96. The molecule has 9 nitrogen and oxygen atoms in total. The standard InChI is InChI=1S/C17H24N4O5S.ClH/c22-17(19-14-4-1-9-18-11-14)13-3-2-10-20(12-13)27(25,26)16-7-5-15(6-8-16)21(23)24;/h5-8,13-14,18H,1-4,9-12H2,(H,19,22);1H/t13?,14-;/m0./s1. The molecular formula is C17H25ClN4O5S. The van der Waals surface area contributed by atoms with Crippen LogP contribution in [0.2, 0.25) is 0 Å². The van der Waals surface area contributed by atoms with Crippen molar-refractivity contribution in [3.05, 3.63) is 34.4 Å². The van der Waals surface area contributed by atoms with E-state index in [4.69, 9.17) is 0 Å². The average molecular weight is 433 g/mol. The van der Waals surface area contributed by atoms with E-state index in [0.29, 0.717) is 19.4 Å². The van der Waals surface area contributed by atoms with Crippen LogP contribution in [0.5, 0.6) is 0 Å². The Kier molecular flexibility index (Phi) is 7.76. The minimum atomic E-state index is -3.79. The molecule has 1 unspecified atom stereocenters. The van der Waals surface area contributed by atoms with Gasteiger partial charge in [0, 0.05) is 37.8 Å². The fraction of sp³-hybridized carbons (Fsp3) is 0.588. The number of nitro benzene ring substituents is 1. The molecule has 2 N–H and O–H groups in total. The number of nitro groups is 1. The summed E-state index contributed by atoms with van der Waals surface area (Å²) in [5.74, 6) is -0.485. The average Bonchev–Trinajstić information content (AvgIpc) is 2.69. The van der Waals surface area contributed by atoms with E-state index in [0.717, 1.165) is 25.9 Å². The van der Waals surface area contributed by atoms with Gasteiger partial charge in [-0.15, -0.1) is 12.4 Å². The van der Waals surface area contributed by atoms with Crippen LogP contribution in [-0.4, -0.2) is 55.8 Å². The Labute approximate surface area is 170 Å². The maximum atomic E-state index is 12.8. The molecule has 11 heteroatoms. The Bertz CT molecular complexity index is 796. The summed E-state index contributed by atoms with van der Waals surface area (Å²) in [6, 6.07) is 4.93. The summed E-state index contributed by atoms with van der Waals surface area (Å²) < 4.78 is 27.0. The van der Waals surface area contributed by atoms with Crippen LogP contribution >= 0.6 is 12.4 Å². The van der Waals surface area contributed by atoms with Crippen LogP contribution in [-0.2, 0) is 14.8 Å². The van der Waals surface area contributed by atoms with Gasteiger partial charge in [0.25, 0.3) is 5.69 Å². The first-order chi connectivity index (χ1) is 12.9. The first-order valence-corrected chi connectivity index (χ1v) is 10.6. The molecule has 28 heavy (non-hydrogen) atoms. The third-order valence-electron chi connectivity index (χ3n) is 5.08. The quantitative estimate of drug-likeness (QED) is 0.534. The number of amides is 1. The van der Waals surface area contributed by atoms with Crippen LogP contribution in [0, 0.1) is 16.0 Å². The number of hydrogen-bond donors (Lipinski definition) is 2. The van der Waals surface area contributed by atoms with Gasteiger partial charge in [0.05, 0.1) is 15.7 Å². The zero-order chi connectivity index (χ0) is 19.4. The lowest BCUT2D eigenvalue weighted by atomic mass is 9.97. The van der Waals surface area contributed by atoms with Crippen molar-refractivity contribution in [2.45, 2.75) is 36.6 Å². The van der Waals surface area contributed by atoms with Gasteiger partial charge >= 0.3 is 0 Å². The molecule has 1 amide bonds. The van der Waals surface area contributed by atoms with Crippen molar-refractivity contribution in [3.8, 4) is 0 Å². The van der Waals surface area contributed by atoms with Gasteiger partial charge in [-0.1, -0.05) is 0 Å². The number of benzene rings is 1. The number of carbonyl (C=O) groups excluding carboxylic acids is 1. The second kappa shape index (κ2) is 9.64. The Morgan fingerprint density at radius 3 is 2.54 bits per heavy atom. The smallest absolute Gasteiger partial charge is 0.269 e. The number of halogens is 1. The topological polar surface area (TPSA) is 122 Å².